The first-order chi connectivity index (χ1) is 13.9. The van der Waals surface area contributed by atoms with Crippen LogP contribution in [0.25, 0.3) is 0 Å². The van der Waals surface area contributed by atoms with Gasteiger partial charge in [-0.2, -0.15) is 0 Å². The summed E-state index contributed by atoms with van der Waals surface area (Å²) in [5.41, 5.74) is 2.20. The molecule has 0 saturated heterocycles. The molecule has 0 atom stereocenters. The highest BCUT2D eigenvalue weighted by atomic mass is 32.2. The minimum absolute atomic E-state index is 0.0717. The highest BCUT2D eigenvalue weighted by Gasteiger charge is 2.09. The van der Waals surface area contributed by atoms with Crippen LogP contribution in [0.5, 0.6) is 0 Å². The Morgan fingerprint density at radius 2 is 1.79 bits per heavy atom. The van der Waals surface area contributed by atoms with Gasteiger partial charge in [0.15, 0.2) is 0 Å². The summed E-state index contributed by atoms with van der Waals surface area (Å²) in [5.74, 6) is 0.756. The summed E-state index contributed by atoms with van der Waals surface area (Å²) >= 11 is 0. The van der Waals surface area contributed by atoms with Crippen molar-refractivity contribution in [3.05, 3.63) is 83.8 Å². The monoisotopic (exact) mass is 415 g/mol. The number of sulfonamides is 1. The molecule has 2 aromatic carbocycles. The van der Waals surface area contributed by atoms with Crippen LogP contribution in [-0.2, 0) is 34.5 Å². The molecule has 0 unspecified atom stereocenters. The highest BCUT2D eigenvalue weighted by Crippen LogP contribution is 2.14. The largest absolute Gasteiger partial charge is 0.467 e. The fourth-order valence-electron chi connectivity index (χ4n) is 2.60. The van der Waals surface area contributed by atoms with Crippen LogP contribution in [0.4, 0.5) is 10.5 Å². The lowest BCUT2D eigenvalue weighted by Gasteiger charge is -2.10. The van der Waals surface area contributed by atoms with Crippen LogP contribution in [0.2, 0.25) is 0 Å². The molecule has 152 valence electrons. The number of hydrogen-bond donors (Lipinski definition) is 3. The number of benzene rings is 2. The maximum Gasteiger partial charge on any atom is 0.319 e. The van der Waals surface area contributed by atoms with E-state index >= 15 is 0 Å². The third kappa shape index (κ3) is 6.46. The zero-order valence-corrected chi connectivity index (χ0v) is 16.3. The number of rotatable bonds is 8. The Morgan fingerprint density at radius 3 is 2.55 bits per heavy atom. The van der Waals surface area contributed by atoms with E-state index < -0.39 is 16.1 Å². The molecule has 3 aromatic rings. The van der Waals surface area contributed by atoms with E-state index in [1.807, 2.05) is 30.3 Å². The Labute approximate surface area is 168 Å². The number of amides is 2. The van der Waals surface area contributed by atoms with E-state index in [0.717, 1.165) is 16.9 Å². The smallest absolute Gasteiger partial charge is 0.319 e. The second-order valence-corrected chi connectivity index (χ2v) is 7.83. The summed E-state index contributed by atoms with van der Waals surface area (Å²) in [6.45, 7) is 1.10. The minimum Gasteiger partial charge on any atom is -0.467 e. The van der Waals surface area contributed by atoms with Crippen LogP contribution in [0, 0.1) is 0 Å². The summed E-state index contributed by atoms with van der Waals surface area (Å²) in [4.78, 5) is 12.0. The van der Waals surface area contributed by atoms with Gasteiger partial charge in [-0.15, -0.1) is 0 Å². The molecule has 0 spiro atoms. The molecule has 0 saturated carbocycles. The summed E-state index contributed by atoms with van der Waals surface area (Å²) in [5, 5.41) is 10.4. The molecule has 8 nitrogen and oxygen atoms in total. The van der Waals surface area contributed by atoms with Gasteiger partial charge in [0.05, 0.1) is 17.8 Å². The Bertz CT molecular complexity index is 1070. The SMILES string of the molecule is NS(=O)(=O)c1cccc(NC(=O)NCc2cccc(COCc3ccco3)c2)c1. The van der Waals surface area contributed by atoms with Crippen molar-refractivity contribution in [3.8, 4) is 0 Å². The van der Waals surface area contributed by atoms with Crippen LogP contribution < -0.4 is 15.8 Å². The average Bonchev–Trinajstić information content (AvgIpc) is 3.20. The summed E-state index contributed by atoms with van der Waals surface area (Å²) < 4.78 is 33.6. The Morgan fingerprint density at radius 1 is 1.00 bits per heavy atom. The molecular weight excluding hydrogens is 394 g/mol. The number of nitrogens with two attached hydrogens (primary N) is 1. The van der Waals surface area contributed by atoms with E-state index in [0.29, 0.717) is 25.4 Å². The van der Waals surface area contributed by atoms with Crippen LogP contribution >= 0.6 is 0 Å². The molecule has 0 aliphatic carbocycles. The van der Waals surface area contributed by atoms with Gasteiger partial charge in [0, 0.05) is 12.2 Å². The standard InChI is InChI=1S/C20H21N3O5S/c21-29(25,26)19-8-2-6-17(11-19)23-20(24)22-12-15-4-1-5-16(10-15)13-27-14-18-7-3-9-28-18/h1-11H,12-14H2,(H2,21,25,26)(H2,22,23,24). The van der Waals surface area contributed by atoms with Crippen molar-refractivity contribution in [1.82, 2.24) is 5.32 Å². The minimum atomic E-state index is -3.83. The second-order valence-electron chi connectivity index (χ2n) is 6.27. The quantitative estimate of drug-likeness (QED) is 0.522. The molecule has 1 aromatic heterocycles. The Hall–Kier alpha value is -3.14. The first-order valence-electron chi connectivity index (χ1n) is 8.76. The number of primary sulfonamides is 1. The molecule has 0 bridgehead atoms. The van der Waals surface area contributed by atoms with Gasteiger partial charge in [-0.3, -0.25) is 0 Å². The van der Waals surface area contributed by atoms with Gasteiger partial charge < -0.3 is 19.8 Å². The number of furan rings is 1. The molecular formula is C20H21N3O5S. The third-order valence-corrected chi connectivity index (χ3v) is 4.87. The van der Waals surface area contributed by atoms with Crippen LogP contribution in [-0.4, -0.2) is 14.4 Å². The molecule has 2 amide bonds. The van der Waals surface area contributed by atoms with Gasteiger partial charge >= 0.3 is 6.03 Å². The fraction of sp³-hybridized carbons (Fsp3) is 0.150. The van der Waals surface area contributed by atoms with Gasteiger partial charge in [0.25, 0.3) is 0 Å². The van der Waals surface area contributed by atoms with E-state index in [1.165, 1.54) is 18.2 Å². The first kappa shape index (κ1) is 20.6. The Kier molecular flexibility index (Phi) is 6.65. The number of anilines is 1. The van der Waals surface area contributed by atoms with Crippen molar-refractivity contribution in [3.63, 3.8) is 0 Å². The van der Waals surface area contributed by atoms with Crippen LogP contribution in [0.15, 0.2) is 76.2 Å². The molecule has 4 N–H and O–H groups in total. The van der Waals surface area contributed by atoms with Gasteiger partial charge in [0.2, 0.25) is 10.0 Å². The number of carbonyl (C=O) groups excluding carboxylic acids is 1. The predicted octanol–water partition coefficient (Wildman–Crippen LogP) is 2.97. The topological polar surface area (TPSA) is 124 Å². The van der Waals surface area contributed by atoms with Crippen molar-refractivity contribution in [2.45, 2.75) is 24.7 Å². The summed E-state index contributed by atoms with van der Waals surface area (Å²) in [6, 6.07) is 16.6. The highest BCUT2D eigenvalue weighted by molar-refractivity contribution is 7.89. The van der Waals surface area contributed by atoms with E-state index in [-0.39, 0.29) is 4.90 Å². The molecule has 0 aliphatic rings. The second kappa shape index (κ2) is 9.37. The molecule has 0 radical (unpaired) electrons. The van der Waals surface area contributed by atoms with Gasteiger partial charge in [-0.1, -0.05) is 30.3 Å². The maximum atomic E-state index is 12.1. The van der Waals surface area contributed by atoms with Crippen molar-refractivity contribution < 1.29 is 22.4 Å². The van der Waals surface area contributed by atoms with Gasteiger partial charge in [-0.25, -0.2) is 18.4 Å². The summed E-state index contributed by atoms with van der Waals surface area (Å²) in [6.07, 6.45) is 1.60. The predicted molar refractivity (Wildman–Crippen MR) is 107 cm³/mol. The lowest BCUT2D eigenvalue weighted by atomic mass is 10.1. The van der Waals surface area contributed by atoms with Crippen LogP contribution in [0.3, 0.4) is 0 Å². The first-order valence-corrected chi connectivity index (χ1v) is 10.3. The van der Waals surface area contributed by atoms with E-state index in [9.17, 15) is 13.2 Å². The Balaban J connectivity index is 1.50. The van der Waals surface area contributed by atoms with Crippen molar-refractivity contribution >= 4 is 21.7 Å². The van der Waals surface area contributed by atoms with Crippen molar-refractivity contribution in [2.75, 3.05) is 5.32 Å². The van der Waals surface area contributed by atoms with Crippen LogP contribution in [0.1, 0.15) is 16.9 Å². The molecule has 1 heterocycles. The molecule has 0 fully saturated rings. The molecule has 29 heavy (non-hydrogen) atoms. The number of carbonyl (C=O) groups is 1. The number of urea groups is 1. The molecule has 0 aliphatic heterocycles. The fourth-order valence-corrected chi connectivity index (χ4v) is 3.16. The van der Waals surface area contributed by atoms with Gasteiger partial charge in [-0.05, 0) is 41.5 Å². The molecule has 9 heteroatoms. The summed E-state index contributed by atoms with van der Waals surface area (Å²) in [7, 11) is -3.83. The average molecular weight is 415 g/mol. The van der Waals surface area contributed by atoms with Crippen molar-refractivity contribution in [2.24, 2.45) is 5.14 Å². The van der Waals surface area contributed by atoms with Crippen molar-refractivity contribution in [1.29, 1.82) is 0 Å². The maximum absolute atomic E-state index is 12.1. The van der Waals surface area contributed by atoms with E-state index in [2.05, 4.69) is 10.6 Å². The van der Waals surface area contributed by atoms with E-state index in [4.69, 9.17) is 14.3 Å². The normalized spacial score (nSPS) is 11.2. The third-order valence-electron chi connectivity index (χ3n) is 3.96. The number of nitrogens with one attached hydrogen (secondary N) is 2. The number of hydrogen-bond acceptors (Lipinski definition) is 5. The zero-order chi connectivity index (χ0) is 20.7. The lowest BCUT2D eigenvalue weighted by Crippen LogP contribution is -2.28. The lowest BCUT2D eigenvalue weighted by molar-refractivity contribution is 0.0929. The molecule has 3 rings (SSSR count). The van der Waals surface area contributed by atoms with E-state index in [1.54, 1.807) is 18.4 Å². The van der Waals surface area contributed by atoms with Gasteiger partial charge in [0.1, 0.15) is 12.4 Å². The number of ether oxygens (including phenoxy) is 1. The zero-order valence-electron chi connectivity index (χ0n) is 15.5.